The van der Waals surface area contributed by atoms with Gasteiger partial charge in [0.25, 0.3) is 0 Å². The first-order valence-corrected chi connectivity index (χ1v) is 10.8. The van der Waals surface area contributed by atoms with E-state index in [-0.39, 0.29) is 42.4 Å². The van der Waals surface area contributed by atoms with Gasteiger partial charge in [0.05, 0.1) is 44.9 Å². The summed E-state index contributed by atoms with van der Waals surface area (Å²) >= 11 is 0. The van der Waals surface area contributed by atoms with Crippen LogP contribution in [0, 0.1) is 5.82 Å². The Morgan fingerprint density at radius 1 is 1.43 bits per heavy atom. The minimum absolute atomic E-state index is 0.00297. The van der Waals surface area contributed by atoms with Crippen molar-refractivity contribution >= 4 is 28.4 Å². The summed E-state index contributed by atoms with van der Waals surface area (Å²) in [4.78, 5) is 17.2. The molecule has 1 aliphatic rings. The van der Waals surface area contributed by atoms with Crippen LogP contribution in [-0.4, -0.2) is 79.5 Å². The van der Waals surface area contributed by atoms with Crippen LogP contribution in [0.2, 0.25) is 0 Å². The lowest BCUT2D eigenvalue weighted by atomic mass is 10.0. The molecule has 1 N–H and O–H groups in total. The lowest BCUT2D eigenvalue weighted by Gasteiger charge is -2.34. The molecule has 2 atom stereocenters. The third kappa shape index (κ3) is 4.10. The highest BCUT2D eigenvalue weighted by Gasteiger charge is 2.31. The molecule has 13 heteroatoms. The van der Waals surface area contributed by atoms with E-state index in [0.29, 0.717) is 16.6 Å². The lowest BCUT2D eigenvalue weighted by molar-refractivity contribution is -0.131. The van der Waals surface area contributed by atoms with Gasteiger partial charge in [-0.25, -0.2) is 22.4 Å². The number of halogens is 3. The van der Waals surface area contributed by atoms with Crippen LogP contribution in [0.5, 0.6) is 5.88 Å². The van der Waals surface area contributed by atoms with Crippen molar-refractivity contribution in [3.05, 3.63) is 30.2 Å². The molecule has 4 heterocycles. The fraction of sp³-hybridized carbons (Fsp3) is 0.409. The normalized spacial score (nSPS) is 20.4. The number of aromatic nitrogens is 6. The highest BCUT2D eigenvalue weighted by Crippen LogP contribution is 2.35. The molecule has 1 fully saturated rings. The third-order valence-corrected chi connectivity index (χ3v) is 5.91. The number of amides is 1. The Morgan fingerprint density at radius 2 is 2.29 bits per heavy atom. The fourth-order valence-corrected chi connectivity index (χ4v) is 4.20. The number of likely N-dealkylation sites (tertiary alicyclic amines) is 1. The topological polar surface area (TPSA) is 102 Å². The molecule has 1 saturated heterocycles. The smallest absolute Gasteiger partial charge is 0.244 e. The molecule has 1 aromatic carbocycles. The molecule has 0 bridgehead atoms. The Bertz CT molecular complexity index is 1560. The molecule has 0 saturated carbocycles. The number of ether oxygens (including phenoxy) is 1. The van der Waals surface area contributed by atoms with Crippen molar-refractivity contribution < 1.29 is 28.2 Å². The fourth-order valence-electron chi connectivity index (χ4n) is 4.20. The van der Waals surface area contributed by atoms with E-state index in [1.807, 2.05) is 0 Å². The van der Waals surface area contributed by atoms with E-state index >= 15 is 4.39 Å². The van der Waals surface area contributed by atoms with E-state index in [4.69, 9.17) is 10.2 Å². The molecule has 10 nitrogen and oxygen atoms in total. The molecular weight excluding hydrogens is 465 g/mol. The van der Waals surface area contributed by atoms with Crippen molar-refractivity contribution in [3.63, 3.8) is 0 Å². The maximum absolute atomic E-state index is 15.5. The SMILES string of the molecule is [2H]c1c(F)c(-c2ccc3nnn(CCF)c3c2)c2c(OC)nc(N[C@H]3CCN(C(=O)C([2H])([2H])[2H])C[C@H]3F)nn12. The Hall–Kier alpha value is -3.90. The quantitative estimate of drug-likeness (QED) is 0.442. The van der Waals surface area contributed by atoms with Gasteiger partial charge in [-0.2, -0.15) is 4.98 Å². The van der Waals surface area contributed by atoms with E-state index in [1.54, 1.807) is 18.2 Å². The maximum atomic E-state index is 15.5. The van der Waals surface area contributed by atoms with Crippen LogP contribution in [0.3, 0.4) is 0 Å². The third-order valence-electron chi connectivity index (χ3n) is 5.91. The van der Waals surface area contributed by atoms with Gasteiger partial charge < -0.3 is 15.0 Å². The van der Waals surface area contributed by atoms with Gasteiger partial charge in [-0.15, -0.1) is 10.2 Å². The molecule has 0 unspecified atom stereocenters. The lowest BCUT2D eigenvalue weighted by Crippen LogP contribution is -2.49. The summed E-state index contributed by atoms with van der Waals surface area (Å²) in [7, 11) is 1.30. The van der Waals surface area contributed by atoms with Crippen molar-refractivity contribution in [2.75, 3.05) is 32.2 Å². The predicted molar refractivity (Wildman–Crippen MR) is 121 cm³/mol. The summed E-state index contributed by atoms with van der Waals surface area (Å²) in [6.07, 6.45) is -2.18. The standard InChI is InChI=1S/C22H23F3N8O2/c1-12(34)31-7-5-16(14(24)10-31)26-22-27-21(35-2)20-19(15(25)11-33(20)29-22)13-3-4-17-18(9-13)32(8-6-23)30-28-17/h3-4,9,11,14,16H,5-8,10H2,1-2H3,(H,26,29)/t14-,16+/m1/s1/i1D3,11D. The summed E-state index contributed by atoms with van der Waals surface area (Å²) in [5, 5.41) is 14.8. The van der Waals surface area contributed by atoms with Crippen LogP contribution in [-0.2, 0) is 11.3 Å². The van der Waals surface area contributed by atoms with Crippen molar-refractivity contribution in [2.45, 2.75) is 32.0 Å². The zero-order valence-corrected chi connectivity index (χ0v) is 18.5. The van der Waals surface area contributed by atoms with E-state index in [1.165, 1.54) is 11.8 Å². The van der Waals surface area contributed by atoms with Gasteiger partial charge in [-0.05, 0) is 24.1 Å². The summed E-state index contributed by atoms with van der Waals surface area (Å²) in [5.41, 5.74) is 1.29. The second-order valence-electron chi connectivity index (χ2n) is 8.02. The molecule has 0 aliphatic carbocycles. The second kappa shape index (κ2) is 9.04. The number of fused-ring (bicyclic) bond motifs is 2. The van der Waals surface area contributed by atoms with E-state index in [2.05, 4.69) is 25.7 Å². The number of alkyl halides is 2. The number of rotatable bonds is 6. The molecule has 184 valence electrons. The van der Waals surface area contributed by atoms with Gasteiger partial charge in [0.2, 0.25) is 17.7 Å². The molecular formula is C22H23F3N8O2. The highest BCUT2D eigenvalue weighted by molar-refractivity contribution is 5.89. The van der Waals surface area contributed by atoms with Crippen molar-refractivity contribution in [1.29, 1.82) is 0 Å². The van der Waals surface area contributed by atoms with Gasteiger partial charge in [-0.3, -0.25) is 4.79 Å². The van der Waals surface area contributed by atoms with E-state index < -0.39 is 50.2 Å². The van der Waals surface area contributed by atoms with Crippen LogP contribution in [0.1, 0.15) is 18.8 Å². The molecule has 5 rings (SSSR count). The number of nitrogens with one attached hydrogen (secondary N) is 1. The predicted octanol–water partition coefficient (Wildman–Crippen LogP) is 2.63. The number of aryl methyl sites for hydroxylation is 1. The summed E-state index contributed by atoms with van der Waals surface area (Å²) in [6, 6.07) is 3.85. The largest absolute Gasteiger partial charge is 0.479 e. The van der Waals surface area contributed by atoms with Crippen LogP contribution in [0.25, 0.3) is 27.7 Å². The van der Waals surface area contributed by atoms with Crippen LogP contribution in [0.15, 0.2) is 24.4 Å². The monoisotopic (exact) mass is 492 g/mol. The molecule has 0 spiro atoms. The van der Waals surface area contributed by atoms with Crippen LogP contribution >= 0.6 is 0 Å². The van der Waals surface area contributed by atoms with Gasteiger partial charge in [-0.1, -0.05) is 11.3 Å². The number of nitrogens with zero attached hydrogens (tertiary/aromatic N) is 7. The first-order chi connectivity index (χ1) is 18.5. The number of hydrogen-bond acceptors (Lipinski definition) is 7. The number of benzene rings is 1. The van der Waals surface area contributed by atoms with Gasteiger partial charge in [0, 0.05) is 17.5 Å². The summed E-state index contributed by atoms with van der Waals surface area (Å²) in [5.74, 6) is -2.29. The number of hydrogen-bond donors (Lipinski definition) is 1. The Morgan fingerprint density at radius 3 is 3.03 bits per heavy atom. The average Bonchev–Trinajstić information content (AvgIpc) is 3.41. The summed E-state index contributed by atoms with van der Waals surface area (Å²) in [6.45, 7) is -4.01. The first kappa shape index (κ1) is 18.4. The van der Waals surface area contributed by atoms with Crippen molar-refractivity contribution in [3.8, 4) is 17.0 Å². The number of carbonyl (C=O) groups excluding carboxylic acids is 1. The number of methoxy groups -OCH3 is 1. The van der Waals surface area contributed by atoms with Gasteiger partial charge >= 0.3 is 0 Å². The molecule has 0 radical (unpaired) electrons. The Kier molecular flexibility index (Phi) is 4.76. The minimum Gasteiger partial charge on any atom is -0.479 e. The van der Waals surface area contributed by atoms with E-state index in [0.717, 1.165) is 9.42 Å². The second-order valence-corrected chi connectivity index (χ2v) is 8.02. The Balaban J connectivity index is 1.49. The number of piperidine rings is 1. The van der Waals surface area contributed by atoms with Crippen LogP contribution < -0.4 is 10.1 Å². The number of carbonyl (C=O) groups is 1. The van der Waals surface area contributed by atoms with E-state index in [9.17, 15) is 13.6 Å². The van der Waals surface area contributed by atoms with Gasteiger partial charge in [0.15, 0.2) is 5.82 Å². The zero-order chi connectivity index (χ0) is 28.1. The molecule has 3 aromatic heterocycles. The molecule has 1 aliphatic heterocycles. The van der Waals surface area contributed by atoms with Crippen LogP contribution in [0.4, 0.5) is 19.1 Å². The maximum Gasteiger partial charge on any atom is 0.244 e. The molecule has 1 amide bonds. The average molecular weight is 492 g/mol. The van der Waals surface area contributed by atoms with Crippen molar-refractivity contribution in [2.24, 2.45) is 0 Å². The number of anilines is 1. The highest BCUT2D eigenvalue weighted by atomic mass is 19.1. The molecule has 35 heavy (non-hydrogen) atoms. The molecule has 4 aromatic rings. The summed E-state index contributed by atoms with van der Waals surface area (Å²) < 4.78 is 81.1. The minimum atomic E-state index is -2.86. The Labute approximate surface area is 203 Å². The first-order valence-electron chi connectivity index (χ1n) is 12.8. The van der Waals surface area contributed by atoms with Crippen molar-refractivity contribution in [1.82, 2.24) is 34.5 Å². The van der Waals surface area contributed by atoms with Gasteiger partial charge in [0.1, 0.15) is 23.9 Å². The zero-order valence-electron chi connectivity index (χ0n) is 22.5.